The third kappa shape index (κ3) is 3.37. The van der Waals surface area contributed by atoms with Gasteiger partial charge in [0.2, 0.25) is 0 Å². The van der Waals surface area contributed by atoms with Crippen LogP contribution < -0.4 is 10.9 Å². The van der Waals surface area contributed by atoms with Crippen LogP contribution >= 0.6 is 0 Å². The normalized spacial score (nSPS) is 12.3. The zero-order valence-electron chi connectivity index (χ0n) is 14.3. The van der Waals surface area contributed by atoms with Crippen LogP contribution in [0.4, 0.5) is 0 Å². The Kier molecular flexibility index (Phi) is 4.51. The average Bonchev–Trinajstić information content (AvgIpc) is 3.19. The SMILES string of the molecule is CC(C)[C@@H](NC(=O)c1cc(=O)n(-c2ccccc2)[nH]1)c1ncnn1C. The van der Waals surface area contributed by atoms with E-state index in [0.717, 1.165) is 0 Å². The summed E-state index contributed by atoms with van der Waals surface area (Å²) < 4.78 is 2.96. The minimum absolute atomic E-state index is 0.106. The maximum Gasteiger partial charge on any atom is 0.271 e. The molecule has 1 amide bonds. The molecule has 3 rings (SSSR count). The number of H-pyrrole nitrogens is 1. The van der Waals surface area contributed by atoms with E-state index in [2.05, 4.69) is 20.5 Å². The lowest BCUT2D eigenvalue weighted by Gasteiger charge is -2.21. The molecule has 8 heteroatoms. The Hall–Kier alpha value is -3.16. The van der Waals surface area contributed by atoms with E-state index in [1.165, 1.54) is 17.1 Å². The lowest BCUT2D eigenvalue weighted by Crippen LogP contribution is -2.34. The summed E-state index contributed by atoms with van der Waals surface area (Å²) in [7, 11) is 1.78. The lowest BCUT2D eigenvalue weighted by atomic mass is 10.0. The van der Waals surface area contributed by atoms with Gasteiger partial charge in [0.15, 0.2) is 0 Å². The van der Waals surface area contributed by atoms with Crippen LogP contribution in [0.5, 0.6) is 0 Å². The van der Waals surface area contributed by atoms with Gasteiger partial charge in [0.25, 0.3) is 11.5 Å². The van der Waals surface area contributed by atoms with E-state index < -0.39 is 0 Å². The highest BCUT2D eigenvalue weighted by Gasteiger charge is 2.24. The molecule has 3 aromatic rings. The zero-order chi connectivity index (χ0) is 18.0. The predicted octanol–water partition coefficient (Wildman–Crippen LogP) is 1.42. The van der Waals surface area contributed by atoms with Crippen LogP contribution in [0.15, 0.2) is 47.5 Å². The highest BCUT2D eigenvalue weighted by molar-refractivity contribution is 5.92. The highest BCUT2D eigenvalue weighted by atomic mass is 16.2. The molecular formula is C17H20N6O2. The van der Waals surface area contributed by atoms with Gasteiger partial charge in [-0.25, -0.2) is 9.67 Å². The van der Waals surface area contributed by atoms with E-state index in [1.807, 2.05) is 32.0 Å². The number of amides is 1. The van der Waals surface area contributed by atoms with E-state index in [0.29, 0.717) is 11.5 Å². The van der Waals surface area contributed by atoms with Crippen molar-refractivity contribution in [2.45, 2.75) is 19.9 Å². The summed E-state index contributed by atoms with van der Waals surface area (Å²) in [5, 5.41) is 9.82. The molecule has 8 nitrogen and oxygen atoms in total. The van der Waals surface area contributed by atoms with E-state index in [4.69, 9.17) is 0 Å². The zero-order valence-corrected chi connectivity index (χ0v) is 14.3. The highest BCUT2D eigenvalue weighted by Crippen LogP contribution is 2.19. The van der Waals surface area contributed by atoms with Crippen molar-refractivity contribution in [3.63, 3.8) is 0 Å². The number of aromatic nitrogens is 5. The number of nitrogens with zero attached hydrogens (tertiary/aromatic N) is 4. The molecule has 0 aliphatic heterocycles. The van der Waals surface area contributed by atoms with Gasteiger partial charge >= 0.3 is 0 Å². The van der Waals surface area contributed by atoms with Crippen LogP contribution in [0, 0.1) is 5.92 Å². The van der Waals surface area contributed by atoms with Gasteiger partial charge in [0.05, 0.1) is 11.7 Å². The maximum atomic E-state index is 12.6. The van der Waals surface area contributed by atoms with Crippen LogP contribution in [-0.2, 0) is 7.05 Å². The Morgan fingerprint density at radius 1 is 1.24 bits per heavy atom. The quantitative estimate of drug-likeness (QED) is 0.734. The summed E-state index contributed by atoms with van der Waals surface area (Å²) in [5.41, 5.74) is 0.568. The van der Waals surface area contributed by atoms with Crippen molar-refractivity contribution < 1.29 is 4.79 Å². The molecule has 0 fully saturated rings. The van der Waals surface area contributed by atoms with Crippen molar-refractivity contribution in [2.24, 2.45) is 13.0 Å². The van der Waals surface area contributed by atoms with Crippen LogP contribution in [-0.4, -0.2) is 30.5 Å². The van der Waals surface area contributed by atoms with E-state index in [9.17, 15) is 9.59 Å². The minimum Gasteiger partial charge on any atom is -0.340 e. The number of hydrogen-bond acceptors (Lipinski definition) is 4. The molecule has 0 aliphatic carbocycles. The topological polar surface area (TPSA) is 97.6 Å². The Labute approximate surface area is 144 Å². The van der Waals surface area contributed by atoms with Crippen molar-refractivity contribution in [2.75, 3.05) is 0 Å². The van der Waals surface area contributed by atoms with Gasteiger partial charge in [-0.1, -0.05) is 32.0 Å². The van der Waals surface area contributed by atoms with Gasteiger partial charge in [-0.2, -0.15) is 5.10 Å². The monoisotopic (exact) mass is 340 g/mol. The van der Waals surface area contributed by atoms with Gasteiger partial charge in [0.1, 0.15) is 17.8 Å². The fraction of sp³-hybridized carbons (Fsp3) is 0.294. The number of para-hydroxylation sites is 1. The number of nitrogens with one attached hydrogen (secondary N) is 2. The largest absolute Gasteiger partial charge is 0.340 e. The first-order chi connectivity index (χ1) is 12.0. The number of aryl methyl sites for hydroxylation is 1. The number of hydrogen-bond donors (Lipinski definition) is 2. The van der Waals surface area contributed by atoms with Crippen molar-refractivity contribution >= 4 is 5.91 Å². The Morgan fingerprint density at radius 2 is 1.96 bits per heavy atom. The van der Waals surface area contributed by atoms with Crippen molar-refractivity contribution in [3.05, 3.63) is 64.6 Å². The molecule has 0 unspecified atom stereocenters. The summed E-state index contributed by atoms with van der Waals surface area (Å²) in [6.07, 6.45) is 1.45. The lowest BCUT2D eigenvalue weighted by molar-refractivity contribution is 0.0916. The molecule has 0 radical (unpaired) electrons. The van der Waals surface area contributed by atoms with Gasteiger partial charge < -0.3 is 5.32 Å². The van der Waals surface area contributed by atoms with Crippen molar-refractivity contribution in [1.82, 2.24) is 29.9 Å². The van der Waals surface area contributed by atoms with Gasteiger partial charge in [-0.15, -0.1) is 0 Å². The Morgan fingerprint density at radius 3 is 2.56 bits per heavy atom. The van der Waals surface area contributed by atoms with E-state index in [1.54, 1.807) is 23.9 Å². The molecule has 0 saturated carbocycles. The molecule has 2 heterocycles. The molecule has 0 spiro atoms. The Bertz CT molecular complexity index is 922. The van der Waals surface area contributed by atoms with Gasteiger partial charge in [-0.3, -0.25) is 19.4 Å². The third-order valence-corrected chi connectivity index (χ3v) is 3.96. The molecule has 25 heavy (non-hydrogen) atoms. The Balaban J connectivity index is 1.86. The second-order valence-electron chi connectivity index (χ2n) is 6.12. The molecule has 2 N–H and O–H groups in total. The first-order valence-electron chi connectivity index (χ1n) is 7.99. The number of benzene rings is 1. The first kappa shape index (κ1) is 16.7. The molecule has 2 aromatic heterocycles. The summed E-state index contributed by atoms with van der Waals surface area (Å²) in [6.45, 7) is 3.97. The second kappa shape index (κ2) is 6.76. The van der Waals surface area contributed by atoms with Crippen molar-refractivity contribution in [1.29, 1.82) is 0 Å². The van der Waals surface area contributed by atoms with Crippen LogP contribution in [0.1, 0.15) is 36.2 Å². The molecule has 0 bridgehead atoms. The fourth-order valence-corrected chi connectivity index (χ4v) is 2.62. The first-order valence-corrected chi connectivity index (χ1v) is 7.99. The standard InChI is InChI=1S/C17H20N6O2/c1-11(2)15(16-18-10-19-22(16)3)20-17(25)13-9-14(24)23(21-13)12-7-5-4-6-8-12/h4-11,15,21H,1-3H3,(H,20,25)/t15-/m1/s1. The van der Waals surface area contributed by atoms with Crippen molar-refractivity contribution in [3.8, 4) is 5.69 Å². The minimum atomic E-state index is -0.367. The molecule has 1 atom stereocenters. The smallest absolute Gasteiger partial charge is 0.271 e. The molecule has 130 valence electrons. The number of aromatic amines is 1. The summed E-state index contributed by atoms with van der Waals surface area (Å²) in [4.78, 5) is 29.0. The molecular weight excluding hydrogens is 320 g/mol. The van der Waals surface area contributed by atoms with E-state index in [-0.39, 0.29) is 29.1 Å². The second-order valence-corrected chi connectivity index (χ2v) is 6.12. The summed E-state index contributed by atoms with van der Waals surface area (Å²) in [5.74, 6) is 0.399. The molecule has 1 aromatic carbocycles. The summed E-state index contributed by atoms with van der Waals surface area (Å²) >= 11 is 0. The van der Waals surface area contributed by atoms with Gasteiger partial charge in [0, 0.05) is 13.1 Å². The average molecular weight is 340 g/mol. The summed E-state index contributed by atoms with van der Waals surface area (Å²) in [6, 6.07) is 10.1. The fourth-order valence-electron chi connectivity index (χ4n) is 2.62. The van der Waals surface area contributed by atoms with Crippen LogP contribution in [0.25, 0.3) is 5.69 Å². The van der Waals surface area contributed by atoms with Crippen LogP contribution in [0.2, 0.25) is 0 Å². The maximum absolute atomic E-state index is 12.6. The molecule has 0 saturated heterocycles. The molecule has 0 aliphatic rings. The third-order valence-electron chi connectivity index (χ3n) is 3.96. The number of carbonyl (C=O) groups excluding carboxylic acids is 1. The number of carbonyl (C=O) groups is 1. The van der Waals surface area contributed by atoms with E-state index >= 15 is 0 Å². The predicted molar refractivity (Wildman–Crippen MR) is 92.4 cm³/mol. The van der Waals surface area contributed by atoms with Gasteiger partial charge in [-0.05, 0) is 18.1 Å². The number of rotatable bonds is 5. The van der Waals surface area contributed by atoms with Crippen LogP contribution in [0.3, 0.4) is 0 Å².